The third kappa shape index (κ3) is 9.03. The number of carbonyl (C=O) groups is 1. The van der Waals surface area contributed by atoms with Crippen molar-refractivity contribution >= 4 is 35.8 Å². The van der Waals surface area contributed by atoms with Crippen LogP contribution in [0.15, 0.2) is 4.99 Å². The molecule has 1 heterocycles. The Hall–Kier alpha value is -0.610. The van der Waals surface area contributed by atoms with Crippen molar-refractivity contribution in [1.82, 2.24) is 20.9 Å². The Labute approximate surface area is 163 Å². The molecule has 1 fully saturated rings. The number of hydrogen-bond donors (Lipinski definition) is 3. The molecule has 1 atom stereocenters. The van der Waals surface area contributed by atoms with E-state index in [4.69, 9.17) is 4.74 Å². The third-order valence-electron chi connectivity index (χ3n) is 3.98. The largest absolute Gasteiger partial charge is 0.379 e. The van der Waals surface area contributed by atoms with Crippen LogP contribution < -0.4 is 16.0 Å². The predicted molar refractivity (Wildman–Crippen MR) is 109 cm³/mol. The maximum absolute atomic E-state index is 11.6. The van der Waals surface area contributed by atoms with Gasteiger partial charge in [-0.2, -0.15) is 0 Å². The Morgan fingerprint density at radius 2 is 1.88 bits per heavy atom. The molecule has 0 bridgehead atoms. The van der Waals surface area contributed by atoms with E-state index in [1.807, 2.05) is 6.92 Å². The van der Waals surface area contributed by atoms with Crippen LogP contribution in [0, 0.1) is 5.92 Å². The zero-order chi connectivity index (χ0) is 17.1. The molecule has 0 aromatic carbocycles. The normalized spacial score (nSPS) is 17.1. The molecule has 3 N–H and O–H groups in total. The summed E-state index contributed by atoms with van der Waals surface area (Å²) >= 11 is 0. The minimum atomic E-state index is -0.0108. The van der Waals surface area contributed by atoms with Crippen LogP contribution in [0.5, 0.6) is 0 Å². The minimum Gasteiger partial charge on any atom is -0.379 e. The predicted octanol–water partition coefficient (Wildman–Crippen LogP) is 0.652. The van der Waals surface area contributed by atoms with Crippen LogP contribution in [-0.2, 0) is 9.53 Å². The summed E-state index contributed by atoms with van der Waals surface area (Å²) < 4.78 is 5.43. The number of halogens is 1. The molecule has 0 radical (unpaired) electrons. The fourth-order valence-corrected chi connectivity index (χ4v) is 2.61. The molecule has 0 spiro atoms. The van der Waals surface area contributed by atoms with E-state index in [2.05, 4.69) is 39.7 Å². The van der Waals surface area contributed by atoms with Crippen LogP contribution in [0.4, 0.5) is 0 Å². The molecule has 1 rings (SSSR count). The third-order valence-corrected chi connectivity index (χ3v) is 3.98. The van der Waals surface area contributed by atoms with Gasteiger partial charge in [0.25, 0.3) is 0 Å². The van der Waals surface area contributed by atoms with E-state index in [-0.39, 0.29) is 36.4 Å². The van der Waals surface area contributed by atoms with Gasteiger partial charge in [-0.15, -0.1) is 24.0 Å². The van der Waals surface area contributed by atoms with Gasteiger partial charge >= 0.3 is 0 Å². The second-order valence-corrected chi connectivity index (χ2v) is 6.12. The summed E-state index contributed by atoms with van der Waals surface area (Å²) in [6.07, 6.45) is 0.939. The monoisotopic (exact) mass is 455 g/mol. The Morgan fingerprint density at radius 3 is 2.42 bits per heavy atom. The molecular formula is C16H34IN5O2. The van der Waals surface area contributed by atoms with Crippen molar-refractivity contribution in [2.24, 2.45) is 10.9 Å². The van der Waals surface area contributed by atoms with Gasteiger partial charge in [0.15, 0.2) is 5.96 Å². The lowest BCUT2D eigenvalue weighted by Gasteiger charge is -2.37. The second kappa shape index (κ2) is 13.7. The van der Waals surface area contributed by atoms with Crippen LogP contribution in [0.3, 0.4) is 0 Å². The minimum absolute atomic E-state index is 0. The number of nitrogens with zero attached hydrogens (tertiary/aromatic N) is 2. The summed E-state index contributed by atoms with van der Waals surface area (Å²) in [5.74, 6) is 1.19. The van der Waals surface area contributed by atoms with Crippen LogP contribution >= 0.6 is 24.0 Å². The fourth-order valence-electron chi connectivity index (χ4n) is 2.61. The smallest absolute Gasteiger partial charge is 0.239 e. The first kappa shape index (κ1) is 23.4. The number of guanidine groups is 1. The van der Waals surface area contributed by atoms with Gasteiger partial charge in [-0.3, -0.25) is 14.7 Å². The van der Waals surface area contributed by atoms with Crippen molar-refractivity contribution in [3.8, 4) is 0 Å². The fraction of sp³-hybridized carbons (Fsp3) is 0.875. The van der Waals surface area contributed by atoms with E-state index < -0.39 is 0 Å². The van der Waals surface area contributed by atoms with Crippen LogP contribution in [0.2, 0.25) is 0 Å². The van der Waals surface area contributed by atoms with Crippen molar-refractivity contribution < 1.29 is 9.53 Å². The molecule has 1 aliphatic heterocycles. The van der Waals surface area contributed by atoms with Gasteiger partial charge in [0, 0.05) is 39.3 Å². The summed E-state index contributed by atoms with van der Waals surface area (Å²) in [4.78, 5) is 18.3. The van der Waals surface area contributed by atoms with Crippen molar-refractivity contribution in [3.05, 3.63) is 0 Å². The average molecular weight is 455 g/mol. The summed E-state index contributed by atoms with van der Waals surface area (Å²) in [6.45, 7) is 11.8. The molecular weight excluding hydrogens is 421 g/mol. The van der Waals surface area contributed by atoms with E-state index in [0.29, 0.717) is 24.5 Å². The Kier molecular flexibility index (Phi) is 13.3. The van der Waals surface area contributed by atoms with Crippen molar-refractivity contribution in [1.29, 1.82) is 0 Å². The van der Waals surface area contributed by atoms with Gasteiger partial charge in [-0.25, -0.2) is 0 Å². The number of nitrogens with one attached hydrogen (secondary N) is 3. The lowest BCUT2D eigenvalue weighted by Crippen LogP contribution is -2.53. The van der Waals surface area contributed by atoms with E-state index in [1.165, 1.54) is 0 Å². The second-order valence-electron chi connectivity index (χ2n) is 6.12. The summed E-state index contributed by atoms with van der Waals surface area (Å²) in [5.41, 5.74) is 0. The molecule has 1 aliphatic rings. The maximum Gasteiger partial charge on any atom is 0.239 e. The molecule has 24 heavy (non-hydrogen) atoms. The molecule has 0 aromatic rings. The Balaban J connectivity index is 0.00000529. The summed E-state index contributed by atoms with van der Waals surface area (Å²) in [6, 6.07) is 0.423. The number of aliphatic imine (C=N–C) groups is 1. The highest BCUT2D eigenvalue weighted by Gasteiger charge is 2.23. The first-order valence-corrected chi connectivity index (χ1v) is 8.61. The molecule has 142 valence electrons. The SMILES string of the molecule is CCCNC(=O)CNC(=NC)NCC(C(C)C)N1CCOCC1.I. The lowest BCUT2D eigenvalue weighted by molar-refractivity contribution is -0.120. The highest BCUT2D eigenvalue weighted by molar-refractivity contribution is 14.0. The zero-order valence-corrected chi connectivity index (χ0v) is 17.8. The summed E-state index contributed by atoms with van der Waals surface area (Å²) in [5, 5.41) is 9.24. The van der Waals surface area contributed by atoms with Crippen molar-refractivity contribution in [2.45, 2.75) is 33.2 Å². The van der Waals surface area contributed by atoms with E-state index in [1.54, 1.807) is 7.05 Å². The van der Waals surface area contributed by atoms with Gasteiger partial charge in [0.05, 0.1) is 19.8 Å². The molecule has 1 amide bonds. The maximum atomic E-state index is 11.6. The van der Waals surface area contributed by atoms with Gasteiger partial charge < -0.3 is 20.7 Å². The quantitative estimate of drug-likeness (QED) is 0.285. The van der Waals surface area contributed by atoms with Crippen LogP contribution in [-0.4, -0.2) is 75.8 Å². The van der Waals surface area contributed by atoms with Crippen LogP contribution in [0.25, 0.3) is 0 Å². The van der Waals surface area contributed by atoms with Gasteiger partial charge in [0.2, 0.25) is 5.91 Å². The number of rotatable bonds is 8. The molecule has 7 nitrogen and oxygen atoms in total. The topological polar surface area (TPSA) is 78.0 Å². The standard InChI is InChI=1S/C16H33N5O2.HI/c1-5-6-18-15(22)12-20-16(17-4)19-11-14(13(2)3)21-7-9-23-10-8-21;/h13-14H,5-12H2,1-4H3,(H,18,22)(H2,17,19,20);1H. The first-order valence-electron chi connectivity index (χ1n) is 8.61. The molecule has 8 heteroatoms. The van der Waals surface area contributed by atoms with E-state index in [0.717, 1.165) is 39.3 Å². The van der Waals surface area contributed by atoms with Gasteiger partial charge in [0.1, 0.15) is 0 Å². The average Bonchev–Trinajstić information content (AvgIpc) is 2.56. The molecule has 1 unspecified atom stereocenters. The number of hydrogen-bond acceptors (Lipinski definition) is 4. The van der Waals surface area contributed by atoms with Gasteiger partial charge in [-0.1, -0.05) is 20.8 Å². The Bertz CT molecular complexity index is 373. The molecule has 0 aromatic heterocycles. The van der Waals surface area contributed by atoms with Crippen molar-refractivity contribution in [3.63, 3.8) is 0 Å². The van der Waals surface area contributed by atoms with E-state index in [9.17, 15) is 4.79 Å². The van der Waals surface area contributed by atoms with Crippen molar-refractivity contribution in [2.75, 3.05) is 53.0 Å². The van der Waals surface area contributed by atoms with E-state index >= 15 is 0 Å². The summed E-state index contributed by atoms with van der Waals surface area (Å²) in [7, 11) is 1.72. The van der Waals surface area contributed by atoms with Crippen LogP contribution in [0.1, 0.15) is 27.2 Å². The van der Waals surface area contributed by atoms with Gasteiger partial charge in [-0.05, 0) is 12.3 Å². The number of morpholine rings is 1. The number of ether oxygens (including phenoxy) is 1. The zero-order valence-electron chi connectivity index (χ0n) is 15.4. The number of carbonyl (C=O) groups excluding carboxylic acids is 1. The Morgan fingerprint density at radius 1 is 1.21 bits per heavy atom. The first-order chi connectivity index (χ1) is 11.1. The lowest BCUT2D eigenvalue weighted by atomic mass is 10.0. The highest BCUT2D eigenvalue weighted by atomic mass is 127. The molecule has 0 saturated carbocycles. The molecule has 1 saturated heterocycles. The highest BCUT2D eigenvalue weighted by Crippen LogP contribution is 2.12. The number of amides is 1. The molecule has 0 aliphatic carbocycles.